The zero-order chi connectivity index (χ0) is 22.9. The quantitative estimate of drug-likeness (QED) is 0.575. The average Bonchev–Trinajstić information content (AvgIpc) is 3.15. The van der Waals surface area contributed by atoms with Crippen molar-refractivity contribution in [3.05, 3.63) is 48.0 Å². The van der Waals surface area contributed by atoms with Crippen LogP contribution < -0.4 is 10.1 Å². The minimum Gasteiger partial charge on any atom is -0.494 e. The van der Waals surface area contributed by atoms with E-state index in [1.54, 1.807) is 0 Å². The highest BCUT2D eigenvalue weighted by molar-refractivity contribution is 7.89. The summed E-state index contributed by atoms with van der Waals surface area (Å²) in [6.07, 6.45) is 0.570. The molecule has 32 heavy (non-hydrogen) atoms. The first-order valence-electron chi connectivity index (χ1n) is 10.1. The van der Waals surface area contributed by atoms with Crippen molar-refractivity contribution in [3.63, 3.8) is 0 Å². The maximum atomic E-state index is 14.0. The number of sulfonamides is 1. The third-order valence-corrected chi connectivity index (χ3v) is 8.10. The SMILES string of the molecule is CCOc1ccc2nc(NC(=O)C3CCN(S(=O)(=O)c4ccc(F)cc4F)CC3)sc2c1. The van der Waals surface area contributed by atoms with Crippen molar-refractivity contribution >= 4 is 42.6 Å². The van der Waals surface area contributed by atoms with E-state index in [4.69, 9.17) is 4.74 Å². The normalized spacial score (nSPS) is 15.7. The van der Waals surface area contributed by atoms with Crippen LogP contribution in [0.5, 0.6) is 5.75 Å². The smallest absolute Gasteiger partial charge is 0.245 e. The van der Waals surface area contributed by atoms with Crippen LogP contribution in [-0.2, 0) is 14.8 Å². The van der Waals surface area contributed by atoms with Gasteiger partial charge >= 0.3 is 0 Å². The van der Waals surface area contributed by atoms with Gasteiger partial charge in [-0.3, -0.25) is 4.79 Å². The van der Waals surface area contributed by atoms with E-state index >= 15 is 0 Å². The number of carbonyl (C=O) groups is 1. The molecule has 0 aliphatic carbocycles. The summed E-state index contributed by atoms with van der Waals surface area (Å²) in [5, 5.41) is 3.27. The van der Waals surface area contributed by atoms with Crippen LogP contribution in [0.2, 0.25) is 0 Å². The van der Waals surface area contributed by atoms with Crippen molar-refractivity contribution in [2.45, 2.75) is 24.7 Å². The first-order chi connectivity index (χ1) is 15.3. The highest BCUT2D eigenvalue weighted by Gasteiger charge is 2.33. The molecular weight excluding hydrogens is 460 g/mol. The number of rotatable bonds is 6. The molecule has 170 valence electrons. The number of fused-ring (bicyclic) bond motifs is 1. The fourth-order valence-electron chi connectivity index (χ4n) is 3.60. The van der Waals surface area contributed by atoms with E-state index in [1.165, 1.54) is 11.3 Å². The van der Waals surface area contributed by atoms with E-state index in [-0.39, 0.29) is 31.8 Å². The standard InChI is InChI=1S/C21H21F2N3O4S2/c1-2-30-15-4-5-17-18(12-15)31-21(24-17)25-20(27)13-7-9-26(10-8-13)32(28,29)19-6-3-14(22)11-16(19)23/h3-6,11-13H,2,7-10H2,1H3,(H,24,25,27). The highest BCUT2D eigenvalue weighted by atomic mass is 32.2. The van der Waals surface area contributed by atoms with Crippen molar-refractivity contribution < 1.29 is 26.7 Å². The van der Waals surface area contributed by atoms with Gasteiger partial charge in [0.15, 0.2) is 5.13 Å². The van der Waals surface area contributed by atoms with Crippen LogP contribution >= 0.6 is 11.3 Å². The first-order valence-corrected chi connectivity index (χ1v) is 12.3. The number of ether oxygens (including phenoxy) is 1. The fraction of sp³-hybridized carbons (Fsp3) is 0.333. The van der Waals surface area contributed by atoms with Crippen LogP contribution in [0.25, 0.3) is 10.2 Å². The molecule has 0 atom stereocenters. The molecule has 2 heterocycles. The van der Waals surface area contributed by atoms with Crippen LogP contribution in [0.15, 0.2) is 41.3 Å². The predicted molar refractivity (Wildman–Crippen MR) is 117 cm³/mol. The van der Waals surface area contributed by atoms with E-state index in [9.17, 15) is 22.0 Å². The molecular formula is C21H21F2N3O4S2. The predicted octanol–water partition coefficient (Wildman–Crippen LogP) is 4.01. The van der Waals surface area contributed by atoms with Gasteiger partial charge in [-0.2, -0.15) is 4.31 Å². The second kappa shape index (κ2) is 9.08. The highest BCUT2D eigenvalue weighted by Crippen LogP contribution is 2.31. The second-order valence-electron chi connectivity index (χ2n) is 7.32. The Kier molecular flexibility index (Phi) is 6.40. The number of thiazole rings is 1. The Morgan fingerprint density at radius 2 is 1.97 bits per heavy atom. The lowest BCUT2D eigenvalue weighted by Crippen LogP contribution is -2.41. The fourth-order valence-corrected chi connectivity index (χ4v) is 6.02. The number of halogens is 2. The van der Waals surface area contributed by atoms with E-state index in [1.807, 2.05) is 25.1 Å². The molecule has 3 aromatic rings. The van der Waals surface area contributed by atoms with Crippen LogP contribution in [0, 0.1) is 17.6 Å². The van der Waals surface area contributed by atoms with E-state index in [0.29, 0.717) is 17.8 Å². The lowest BCUT2D eigenvalue weighted by atomic mass is 9.97. The first kappa shape index (κ1) is 22.6. The van der Waals surface area contributed by atoms with Crippen molar-refractivity contribution in [1.29, 1.82) is 0 Å². The van der Waals surface area contributed by atoms with E-state index < -0.39 is 32.5 Å². The van der Waals surface area contributed by atoms with Crippen molar-refractivity contribution in [2.75, 3.05) is 25.0 Å². The molecule has 0 unspecified atom stereocenters. The summed E-state index contributed by atoms with van der Waals surface area (Å²) in [5.74, 6) is -1.88. The molecule has 0 spiro atoms. The maximum Gasteiger partial charge on any atom is 0.245 e. The van der Waals surface area contributed by atoms with Gasteiger partial charge in [-0.1, -0.05) is 11.3 Å². The summed E-state index contributed by atoms with van der Waals surface area (Å²) >= 11 is 1.33. The third kappa shape index (κ3) is 4.59. The van der Waals surface area contributed by atoms with Crippen LogP contribution in [0.4, 0.5) is 13.9 Å². The molecule has 1 aromatic heterocycles. The lowest BCUT2D eigenvalue weighted by molar-refractivity contribution is -0.120. The molecule has 2 aromatic carbocycles. The number of piperidine rings is 1. The summed E-state index contributed by atoms with van der Waals surface area (Å²) in [6, 6.07) is 7.88. The molecule has 4 rings (SSSR count). The molecule has 1 saturated heterocycles. The molecule has 1 N–H and O–H groups in total. The van der Waals surface area contributed by atoms with Crippen molar-refractivity contribution in [3.8, 4) is 5.75 Å². The number of aromatic nitrogens is 1. The minimum atomic E-state index is -4.11. The van der Waals surface area contributed by atoms with Crippen molar-refractivity contribution in [2.24, 2.45) is 5.92 Å². The summed E-state index contributed by atoms with van der Waals surface area (Å²) in [7, 11) is -4.11. The lowest BCUT2D eigenvalue weighted by Gasteiger charge is -2.30. The Hall–Kier alpha value is -2.63. The number of hydrogen-bond acceptors (Lipinski definition) is 6. The summed E-state index contributed by atoms with van der Waals surface area (Å²) in [5.41, 5.74) is 0.746. The molecule has 1 fully saturated rings. The molecule has 0 radical (unpaired) electrons. The number of nitrogens with zero attached hydrogens (tertiary/aromatic N) is 2. The number of amides is 1. The average molecular weight is 482 g/mol. The van der Waals surface area contributed by atoms with E-state index in [0.717, 1.165) is 32.4 Å². The Morgan fingerprint density at radius 3 is 2.66 bits per heavy atom. The van der Waals surface area contributed by atoms with Gasteiger partial charge in [0, 0.05) is 25.1 Å². The van der Waals surface area contributed by atoms with Gasteiger partial charge in [-0.05, 0) is 50.1 Å². The topological polar surface area (TPSA) is 88.6 Å². The van der Waals surface area contributed by atoms with Crippen LogP contribution in [0.3, 0.4) is 0 Å². The Labute approximate surface area is 188 Å². The second-order valence-corrected chi connectivity index (χ2v) is 10.3. The number of carbonyl (C=O) groups excluding carboxylic acids is 1. The third-order valence-electron chi connectivity index (χ3n) is 5.24. The van der Waals surface area contributed by atoms with Gasteiger partial charge in [0.1, 0.15) is 22.3 Å². The number of hydrogen-bond donors (Lipinski definition) is 1. The summed E-state index contributed by atoms with van der Waals surface area (Å²) < 4.78 is 60.0. The van der Waals surface area contributed by atoms with Gasteiger partial charge in [0.25, 0.3) is 0 Å². The zero-order valence-corrected chi connectivity index (χ0v) is 18.8. The number of benzene rings is 2. The number of anilines is 1. The maximum absolute atomic E-state index is 14.0. The molecule has 1 amide bonds. The van der Waals surface area contributed by atoms with E-state index in [2.05, 4.69) is 10.3 Å². The molecule has 11 heteroatoms. The van der Waals surface area contributed by atoms with Gasteiger partial charge in [0.2, 0.25) is 15.9 Å². The number of nitrogens with one attached hydrogen (secondary N) is 1. The molecule has 7 nitrogen and oxygen atoms in total. The Balaban J connectivity index is 1.39. The largest absolute Gasteiger partial charge is 0.494 e. The minimum absolute atomic E-state index is 0.0643. The van der Waals surface area contributed by atoms with Crippen molar-refractivity contribution in [1.82, 2.24) is 9.29 Å². The molecule has 0 saturated carbocycles. The van der Waals surface area contributed by atoms with Gasteiger partial charge in [0.05, 0.1) is 16.8 Å². The van der Waals surface area contributed by atoms with Gasteiger partial charge in [-0.25, -0.2) is 22.2 Å². The summed E-state index contributed by atoms with van der Waals surface area (Å²) in [4.78, 5) is 16.5. The monoisotopic (exact) mass is 481 g/mol. The van der Waals surface area contributed by atoms with Gasteiger partial charge in [-0.15, -0.1) is 0 Å². The summed E-state index contributed by atoms with van der Waals surface area (Å²) in [6.45, 7) is 2.58. The van der Waals surface area contributed by atoms with Crippen LogP contribution in [-0.4, -0.2) is 43.3 Å². The van der Waals surface area contributed by atoms with Crippen LogP contribution in [0.1, 0.15) is 19.8 Å². The molecule has 1 aliphatic rings. The molecule has 0 bridgehead atoms. The zero-order valence-electron chi connectivity index (χ0n) is 17.2. The Bertz CT molecular complexity index is 1260. The van der Waals surface area contributed by atoms with Gasteiger partial charge < -0.3 is 10.1 Å². The Morgan fingerprint density at radius 1 is 1.22 bits per heavy atom. The molecule has 1 aliphatic heterocycles.